The summed E-state index contributed by atoms with van der Waals surface area (Å²) in [6.45, 7) is 0. The van der Waals surface area contributed by atoms with Gasteiger partial charge in [-0.1, -0.05) is 53.5 Å². The lowest BCUT2D eigenvalue weighted by Crippen LogP contribution is -2.15. The number of nitrogens with zero attached hydrogens (tertiary/aromatic N) is 3. The Balaban J connectivity index is 1.81. The first-order valence-electron chi connectivity index (χ1n) is 8.06. The van der Waals surface area contributed by atoms with E-state index < -0.39 is 5.91 Å². The van der Waals surface area contributed by atoms with E-state index in [1.54, 1.807) is 24.3 Å². The number of nitrogens with one attached hydrogen (secondary N) is 1. The summed E-state index contributed by atoms with van der Waals surface area (Å²) in [6, 6.07) is 18.2. The van der Waals surface area contributed by atoms with Crippen molar-refractivity contribution < 1.29 is 4.79 Å². The zero-order valence-corrected chi connectivity index (χ0v) is 15.4. The quantitative estimate of drug-likeness (QED) is 0.481. The van der Waals surface area contributed by atoms with Gasteiger partial charge in [0.15, 0.2) is 0 Å². The Morgan fingerprint density at radius 1 is 0.926 bits per heavy atom. The molecule has 1 N–H and O–H groups in total. The maximum absolute atomic E-state index is 12.5. The molecule has 132 valence electrons. The van der Waals surface area contributed by atoms with Gasteiger partial charge in [0.05, 0.1) is 16.8 Å². The Kier molecular flexibility index (Phi) is 4.71. The number of carbonyl (C=O) groups excluding carboxylic acids is 1. The molecule has 0 aliphatic rings. The van der Waals surface area contributed by atoms with Gasteiger partial charge in [-0.2, -0.15) is 0 Å². The van der Waals surface area contributed by atoms with Crippen molar-refractivity contribution >= 4 is 46.0 Å². The maximum atomic E-state index is 12.5. The molecule has 2 aromatic heterocycles. The van der Waals surface area contributed by atoms with Crippen LogP contribution in [-0.4, -0.2) is 20.9 Å². The van der Waals surface area contributed by atoms with E-state index in [1.165, 1.54) is 6.20 Å². The molecule has 0 unspecified atom stereocenters. The third-order valence-electron chi connectivity index (χ3n) is 3.93. The van der Waals surface area contributed by atoms with Crippen molar-refractivity contribution in [3.63, 3.8) is 0 Å². The summed E-state index contributed by atoms with van der Waals surface area (Å²) in [4.78, 5) is 25.4. The van der Waals surface area contributed by atoms with E-state index >= 15 is 0 Å². The summed E-state index contributed by atoms with van der Waals surface area (Å²) >= 11 is 12.2. The molecule has 0 atom stereocenters. The molecule has 2 heterocycles. The van der Waals surface area contributed by atoms with Crippen LogP contribution < -0.4 is 5.32 Å². The summed E-state index contributed by atoms with van der Waals surface area (Å²) in [5.41, 5.74) is 2.49. The summed E-state index contributed by atoms with van der Waals surface area (Å²) < 4.78 is 0. The molecule has 27 heavy (non-hydrogen) atoms. The van der Waals surface area contributed by atoms with Gasteiger partial charge >= 0.3 is 0 Å². The number of hydrogen-bond donors (Lipinski definition) is 1. The third-order valence-corrected chi connectivity index (χ3v) is 4.47. The standard InChI is InChI=1S/C20H12Cl2N4O/c21-13-8-9-16-15(11-13)17(12-5-2-1-3-6-12)25-20(24-16)26-19(27)14-7-4-10-23-18(14)22/h1-11H,(H,24,25,26,27). The topological polar surface area (TPSA) is 67.8 Å². The van der Waals surface area contributed by atoms with Gasteiger partial charge in [-0.05, 0) is 30.3 Å². The van der Waals surface area contributed by atoms with Gasteiger partial charge in [0.25, 0.3) is 5.91 Å². The monoisotopic (exact) mass is 394 g/mol. The summed E-state index contributed by atoms with van der Waals surface area (Å²) in [7, 11) is 0. The number of rotatable bonds is 3. The van der Waals surface area contributed by atoms with Crippen LogP contribution in [0.2, 0.25) is 10.2 Å². The molecular formula is C20H12Cl2N4O. The molecule has 2 aromatic carbocycles. The Morgan fingerprint density at radius 3 is 2.52 bits per heavy atom. The number of halogens is 2. The van der Waals surface area contributed by atoms with E-state index in [2.05, 4.69) is 20.3 Å². The lowest BCUT2D eigenvalue weighted by molar-refractivity contribution is 0.102. The Bertz CT molecular complexity index is 1150. The van der Waals surface area contributed by atoms with Crippen LogP contribution in [-0.2, 0) is 0 Å². The third kappa shape index (κ3) is 3.60. The summed E-state index contributed by atoms with van der Waals surface area (Å²) in [6.07, 6.45) is 1.52. The van der Waals surface area contributed by atoms with Gasteiger partial charge in [0.1, 0.15) is 5.15 Å². The first-order valence-corrected chi connectivity index (χ1v) is 8.82. The predicted molar refractivity (Wildman–Crippen MR) is 107 cm³/mol. The van der Waals surface area contributed by atoms with E-state index in [9.17, 15) is 4.79 Å². The van der Waals surface area contributed by atoms with Crippen molar-refractivity contribution in [2.45, 2.75) is 0 Å². The minimum absolute atomic E-state index is 0.117. The average Bonchev–Trinajstić information content (AvgIpc) is 2.68. The van der Waals surface area contributed by atoms with Gasteiger partial charge in [0, 0.05) is 22.2 Å². The van der Waals surface area contributed by atoms with Crippen molar-refractivity contribution in [1.82, 2.24) is 15.0 Å². The Morgan fingerprint density at radius 2 is 1.74 bits per heavy atom. The van der Waals surface area contributed by atoms with E-state index in [4.69, 9.17) is 23.2 Å². The fourth-order valence-electron chi connectivity index (χ4n) is 2.70. The number of hydrogen-bond acceptors (Lipinski definition) is 4. The highest BCUT2D eigenvalue weighted by molar-refractivity contribution is 6.33. The second kappa shape index (κ2) is 7.31. The predicted octanol–water partition coefficient (Wildman–Crippen LogP) is 5.25. The molecule has 0 saturated carbocycles. The van der Waals surface area contributed by atoms with Gasteiger partial charge < -0.3 is 0 Å². The zero-order valence-electron chi connectivity index (χ0n) is 13.9. The fourth-order valence-corrected chi connectivity index (χ4v) is 3.07. The second-order valence-electron chi connectivity index (χ2n) is 5.72. The highest BCUT2D eigenvalue weighted by Gasteiger charge is 2.15. The van der Waals surface area contributed by atoms with Crippen LogP contribution in [0, 0.1) is 0 Å². The Hall–Kier alpha value is -3.02. The second-order valence-corrected chi connectivity index (χ2v) is 6.51. The van der Waals surface area contributed by atoms with E-state index in [0.717, 1.165) is 10.9 Å². The van der Waals surface area contributed by atoms with Crippen molar-refractivity contribution in [2.24, 2.45) is 0 Å². The maximum Gasteiger partial charge on any atom is 0.261 e. The largest absolute Gasteiger partial charge is 0.290 e. The minimum Gasteiger partial charge on any atom is -0.290 e. The molecule has 0 spiro atoms. The Labute approximate surface area is 165 Å². The van der Waals surface area contributed by atoms with Gasteiger partial charge in [-0.25, -0.2) is 15.0 Å². The van der Waals surface area contributed by atoms with Crippen molar-refractivity contribution in [1.29, 1.82) is 0 Å². The van der Waals surface area contributed by atoms with Gasteiger partial charge in [-0.15, -0.1) is 0 Å². The first-order chi connectivity index (χ1) is 13.1. The zero-order chi connectivity index (χ0) is 18.8. The van der Waals surface area contributed by atoms with E-state index in [-0.39, 0.29) is 16.7 Å². The molecular weight excluding hydrogens is 383 g/mol. The van der Waals surface area contributed by atoms with Crippen molar-refractivity contribution in [2.75, 3.05) is 5.32 Å². The molecule has 0 saturated heterocycles. The molecule has 5 nitrogen and oxygen atoms in total. The van der Waals surface area contributed by atoms with Crippen LogP contribution in [0.1, 0.15) is 10.4 Å². The molecule has 0 radical (unpaired) electrons. The van der Waals surface area contributed by atoms with Crippen molar-refractivity contribution in [3.8, 4) is 11.3 Å². The van der Waals surface area contributed by atoms with Crippen LogP contribution in [0.25, 0.3) is 22.2 Å². The summed E-state index contributed by atoms with van der Waals surface area (Å²) in [5, 5.41) is 4.20. The molecule has 0 fully saturated rings. The van der Waals surface area contributed by atoms with Crippen LogP contribution in [0.3, 0.4) is 0 Å². The lowest BCUT2D eigenvalue weighted by atomic mass is 10.1. The van der Waals surface area contributed by atoms with Crippen LogP contribution in [0.15, 0.2) is 66.9 Å². The number of benzene rings is 2. The normalized spacial score (nSPS) is 10.7. The molecule has 0 bridgehead atoms. The fraction of sp³-hybridized carbons (Fsp3) is 0. The highest BCUT2D eigenvalue weighted by atomic mass is 35.5. The lowest BCUT2D eigenvalue weighted by Gasteiger charge is -2.10. The van der Waals surface area contributed by atoms with Crippen LogP contribution in [0.5, 0.6) is 0 Å². The van der Waals surface area contributed by atoms with Gasteiger partial charge in [0.2, 0.25) is 5.95 Å². The van der Waals surface area contributed by atoms with E-state index in [1.807, 2.05) is 36.4 Å². The molecule has 0 aliphatic heterocycles. The highest BCUT2D eigenvalue weighted by Crippen LogP contribution is 2.29. The summed E-state index contributed by atoms with van der Waals surface area (Å²) in [5.74, 6) is -0.256. The van der Waals surface area contributed by atoms with Crippen LogP contribution >= 0.6 is 23.2 Å². The molecule has 7 heteroatoms. The van der Waals surface area contributed by atoms with Crippen molar-refractivity contribution in [3.05, 3.63) is 82.6 Å². The number of anilines is 1. The first kappa shape index (κ1) is 17.4. The SMILES string of the molecule is O=C(Nc1nc(-c2ccccc2)c2cc(Cl)ccc2n1)c1cccnc1Cl. The molecule has 0 aliphatic carbocycles. The number of amides is 1. The van der Waals surface area contributed by atoms with Gasteiger partial charge in [-0.3, -0.25) is 10.1 Å². The average molecular weight is 395 g/mol. The molecule has 4 aromatic rings. The number of aromatic nitrogens is 3. The number of pyridine rings is 1. The molecule has 4 rings (SSSR count). The van der Waals surface area contributed by atoms with Crippen LogP contribution in [0.4, 0.5) is 5.95 Å². The number of fused-ring (bicyclic) bond motifs is 1. The van der Waals surface area contributed by atoms with E-state index in [0.29, 0.717) is 16.2 Å². The smallest absolute Gasteiger partial charge is 0.261 e. The molecule has 1 amide bonds. The minimum atomic E-state index is -0.430. The number of carbonyl (C=O) groups is 1.